The third-order valence-electron chi connectivity index (χ3n) is 6.26. The molecule has 37 heavy (non-hydrogen) atoms. The summed E-state index contributed by atoms with van der Waals surface area (Å²) in [5.74, 6) is 3.51. The number of hydrogen-bond donors (Lipinski definition) is 1. The lowest BCUT2D eigenvalue weighted by molar-refractivity contribution is -0.163. The highest BCUT2D eigenvalue weighted by molar-refractivity contribution is 6.08. The Morgan fingerprint density at radius 3 is 2.24 bits per heavy atom. The molecule has 1 aliphatic heterocycles. The second-order valence-electron chi connectivity index (χ2n) is 8.42. The SMILES string of the molecule is CCOC(=O)C[C@H](c1ccccc1)N(C(C)=O)N1C(=O)N(CC)[C@](C)(c2ccc(C=NN)cc2)C1=O.Cl. The van der Waals surface area contributed by atoms with E-state index < -0.39 is 35.4 Å². The maximum atomic E-state index is 14.0. The maximum Gasteiger partial charge on any atom is 0.347 e. The maximum absolute atomic E-state index is 14.0. The van der Waals surface area contributed by atoms with Gasteiger partial charge < -0.3 is 15.5 Å². The van der Waals surface area contributed by atoms with Crippen molar-refractivity contribution in [3.63, 3.8) is 0 Å². The van der Waals surface area contributed by atoms with Crippen molar-refractivity contribution < 1.29 is 23.9 Å². The number of ether oxygens (including phenoxy) is 1. The lowest BCUT2D eigenvalue weighted by atomic mass is 9.90. The molecule has 11 heteroatoms. The van der Waals surface area contributed by atoms with Gasteiger partial charge in [0.05, 0.1) is 25.3 Å². The third kappa shape index (κ3) is 5.59. The molecular formula is C26H32ClN5O5. The van der Waals surface area contributed by atoms with Crippen LogP contribution >= 0.6 is 12.4 Å². The fourth-order valence-corrected chi connectivity index (χ4v) is 4.51. The summed E-state index contributed by atoms with van der Waals surface area (Å²) in [6.07, 6.45) is 1.24. The van der Waals surface area contributed by atoms with Gasteiger partial charge in [-0.05, 0) is 37.5 Å². The van der Waals surface area contributed by atoms with Gasteiger partial charge >= 0.3 is 12.0 Å². The Hall–Kier alpha value is -3.92. The summed E-state index contributed by atoms with van der Waals surface area (Å²) >= 11 is 0. The molecule has 198 valence electrons. The molecule has 0 bridgehead atoms. The average molecular weight is 530 g/mol. The lowest BCUT2D eigenvalue weighted by Gasteiger charge is -2.35. The number of esters is 1. The zero-order valence-electron chi connectivity index (χ0n) is 21.3. The molecule has 0 unspecified atom stereocenters. The van der Waals surface area contributed by atoms with E-state index >= 15 is 0 Å². The van der Waals surface area contributed by atoms with Crippen molar-refractivity contribution in [2.45, 2.75) is 45.7 Å². The number of hydrazine groups is 1. The van der Waals surface area contributed by atoms with E-state index in [-0.39, 0.29) is 32.0 Å². The van der Waals surface area contributed by atoms with Gasteiger partial charge in [0, 0.05) is 13.5 Å². The van der Waals surface area contributed by atoms with E-state index in [1.807, 2.05) is 0 Å². The van der Waals surface area contributed by atoms with Gasteiger partial charge in [-0.15, -0.1) is 12.4 Å². The zero-order valence-corrected chi connectivity index (χ0v) is 22.1. The second kappa shape index (κ2) is 12.4. The summed E-state index contributed by atoms with van der Waals surface area (Å²) in [6.45, 7) is 6.71. The van der Waals surface area contributed by atoms with Crippen LogP contribution in [0.5, 0.6) is 0 Å². The number of nitrogens with zero attached hydrogens (tertiary/aromatic N) is 4. The molecule has 2 aromatic carbocycles. The van der Waals surface area contributed by atoms with Gasteiger partial charge in [0.25, 0.3) is 5.91 Å². The van der Waals surface area contributed by atoms with E-state index in [0.29, 0.717) is 11.1 Å². The molecule has 3 rings (SSSR count). The highest BCUT2D eigenvalue weighted by Gasteiger charge is 2.58. The van der Waals surface area contributed by atoms with Crippen molar-refractivity contribution in [3.05, 3.63) is 71.3 Å². The van der Waals surface area contributed by atoms with Crippen LogP contribution in [0, 0.1) is 0 Å². The normalized spacial score (nSPS) is 18.1. The Bertz CT molecular complexity index is 1160. The molecule has 1 saturated heterocycles. The number of halogens is 1. The van der Waals surface area contributed by atoms with Crippen LogP contribution in [0.25, 0.3) is 0 Å². The van der Waals surface area contributed by atoms with Crippen LogP contribution in [0.1, 0.15) is 56.8 Å². The summed E-state index contributed by atoms with van der Waals surface area (Å²) in [7, 11) is 0. The second-order valence-corrected chi connectivity index (χ2v) is 8.42. The minimum Gasteiger partial charge on any atom is -0.466 e. The highest BCUT2D eigenvalue weighted by Crippen LogP contribution is 2.40. The molecule has 10 nitrogen and oxygen atoms in total. The number of hydrogen-bond acceptors (Lipinski definition) is 7. The van der Waals surface area contributed by atoms with Gasteiger partial charge in [0.2, 0.25) is 5.91 Å². The number of benzene rings is 2. The van der Waals surface area contributed by atoms with Gasteiger partial charge in [-0.25, -0.2) is 9.80 Å². The van der Waals surface area contributed by atoms with E-state index in [4.69, 9.17) is 10.6 Å². The van der Waals surface area contributed by atoms with Crippen molar-refractivity contribution in [1.29, 1.82) is 0 Å². The Kier molecular flexibility index (Phi) is 9.79. The molecular weight excluding hydrogens is 498 g/mol. The van der Waals surface area contributed by atoms with Crippen LogP contribution in [0.15, 0.2) is 59.7 Å². The third-order valence-corrected chi connectivity index (χ3v) is 6.26. The molecule has 2 atom stereocenters. The average Bonchev–Trinajstić information content (AvgIpc) is 3.05. The lowest BCUT2D eigenvalue weighted by Crippen LogP contribution is -2.52. The largest absolute Gasteiger partial charge is 0.466 e. The van der Waals surface area contributed by atoms with Crippen LogP contribution in [-0.4, -0.2) is 58.1 Å². The number of imide groups is 1. The first kappa shape index (κ1) is 29.3. The summed E-state index contributed by atoms with van der Waals surface area (Å²) < 4.78 is 5.13. The molecule has 0 aliphatic carbocycles. The van der Waals surface area contributed by atoms with Gasteiger partial charge in [0.15, 0.2) is 0 Å². The van der Waals surface area contributed by atoms with Crippen LogP contribution in [0.3, 0.4) is 0 Å². The van der Waals surface area contributed by atoms with Gasteiger partial charge in [0.1, 0.15) is 5.54 Å². The number of nitrogens with two attached hydrogens (primary N) is 1. The first-order chi connectivity index (χ1) is 17.2. The summed E-state index contributed by atoms with van der Waals surface area (Å²) in [5.41, 5.74) is 0.488. The van der Waals surface area contributed by atoms with Crippen molar-refractivity contribution >= 4 is 42.4 Å². The van der Waals surface area contributed by atoms with Crippen molar-refractivity contribution in [2.75, 3.05) is 13.2 Å². The Balaban J connectivity index is 0.00000481. The quantitative estimate of drug-likeness (QED) is 0.174. The van der Waals surface area contributed by atoms with Gasteiger partial charge in [-0.1, -0.05) is 54.6 Å². The molecule has 0 spiro atoms. The highest BCUT2D eigenvalue weighted by atomic mass is 35.5. The van der Waals surface area contributed by atoms with Crippen molar-refractivity contribution in [2.24, 2.45) is 10.9 Å². The molecule has 1 heterocycles. The van der Waals surface area contributed by atoms with Crippen molar-refractivity contribution in [1.82, 2.24) is 14.9 Å². The topological polar surface area (TPSA) is 126 Å². The predicted molar refractivity (Wildman–Crippen MR) is 140 cm³/mol. The Labute approximate surface area is 222 Å². The standard InChI is InChI=1S/C26H31N5O5.ClH/c1-5-29-25(35)31(24(34)26(29,4)21-14-12-19(13-15-21)17-28-27)30(18(3)32)22(16-23(33)36-6-2)20-10-8-7-9-11-20;/h7-15,17,22H,5-6,16,27H2,1-4H3;1H/t22-,26-;/m1./s1. The van der Waals surface area contributed by atoms with Gasteiger partial charge in [-0.3, -0.25) is 14.4 Å². The summed E-state index contributed by atoms with van der Waals surface area (Å²) in [5, 5.41) is 5.43. The van der Waals surface area contributed by atoms with E-state index in [0.717, 1.165) is 15.6 Å². The Morgan fingerprint density at radius 2 is 1.73 bits per heavy atom. The molecule has 0 saturated carbocycles. The fraction of sp³-hybridized carbons (Fsp3) is 0.346. The molecule has 2 aromatic rings. The number of carbonyl (C=O) groups excluding carboxylic acids is 4. The van der Waals surface area contributed by atoms with E-state index in [1.165, 1.54) is 18.0 Å². The van der Waals surface area contributed by atoms with Crippen LogP contribution < -0.4 is 5.84 Å². The first-order valence-corrected chi connectivity index (χ1v) is 11.7. The first-order valence-electron chi connectivity index (χ1n) is 11.7. The minimum absolute atomic E-state index is 0. The van der Waals surface area contributed by atoms with Crippen LogP contribution in [0.2, 0.25) is 0 Å². The Morgan fingerprint density at radius 1 is 1.11 bits per heavy atom. The number of urea groups is 1. The zero-order chi connectivity index (χ0) is 26.5. The molecule has 1 aliphatic rings. The summed E-state index contributed by atoms with van der Waals surface area (Å²) in [4.78, 5) is 54.6. The monoisotopic (exact) mass is 529 g/mol. The number of likely N-dealkylation sites (N-methyl/N-ethyl adjacent to an activating group) is 1. The summed E-state index contributed by atoms with van der Waals surface area (Å²) in [6, 6.07) is 14.1. The van der Waals surface area contributed by atoms with E-state index in [9.17, 15) is 19.2 Å². The van der Waals surface area contributed by atoms with Gasteiger partial charge in [-0.2, -0.15) is 10.1 Å². The molecule has 0 radical (unpaired) electrons. The molecule has 0 aromatic heterocycles. The smallest absolute Gasteiger partial charge is 0.347 e. The van der Waals surface area contributed by atoms with Crippen LogP contribution in [0.4, 0.5) is 4.79 Å². The molecule has 4 amide bonds. The minimum atomic E-state index is -1.39. The number of amides is 4. The van der Waals surface area contributed by atoms with E-state index in [1.54, 1.807) is 75.4 Å². The van der Waals surface area contributed by atoms with E-state index in [2.05, 4.69) is 5.10 Å². The van der Waals surface area contributed by atoms with Crippen LogP contribution in [-0.2, 0) is 24.7 Å². The number of rotatable bonds is 9. The number of hydrazone groups is 1. The molecule has 1 fully saturated rings. The molecule has 2 N–H and O–H groups in total. The number of carbonyl (C=O) groups is 4. The predicted octanol–water partition coefficient (Wildman–Crippen LogP) is 3.36. The van der Waals surface area contributed by atoms with Crippen molar-refractivity contribution in [3.8, 4) is 0 Å². The fourth-order valence-electron chi connectivity index (χ4n) is 4.51.